The SMILES string of the molecule is O=C(c1cccc(C(F)(F)F)c1)C1CCN(CCCOc2ccccc2)C1. The van der Waals surface area contributed by atoms with Gasteiger partial charge in [0.1, 0.15) is 5.75 Å². The van der Waals surface area contributed by atoms with Crippen molar-refractivity contribution in [1.82, 2.24) is 4.90 Å². The Bertz CT molecular complexity index is 762. The van der Waals surface area contributed by atoms with Crippen molar-refractivity contribution in [2.45, 2.75) is 19.0 Å². The molecular weight excluding hydrogens is 355 g/mol. The smallest absolute Gasteiger partial charge is 0.416 e. The van der Waals surface area contributed by atoms with E-state index < -0.39 is 11.7 Å². The fourth-order valence-corrected chi connectivity index (χ4v) is 3.33. The van der Waals surface area contributed by atoms with Crippen LogP contribution in [0.15, 0.2) is 54.6 Å². The van der Waals surface area contributed by atoms with Gasteiger partial charge >= 0.3 is 6.18 Å². The lowest BCUT2D eigenvalue weighted by atomic mass is 9.95. The van der Waals surface area contributed by atoms with E-state index in [2.05, 4.69) is 4.90 Å². The van der Waals surface area contributed by atoms with Crippen LogP contribution in [-0.4, -0.2) is 36.9 Å². The lowest BCUT2D eigenvalue weighted by Crippen LogP contribution is -2.25. The average molecular weight is 377 g/mol. The molecule has 1 aliphatic rings. The topological polar surface area (TPSA) is 29.5 Å². The molecule has 2 aromatic carbocycles. The molecule has 2 aromatic rings. The van der Waals surface area contributed by atoms with Gasteiger partial charge in [-0.05, 0) is 43.7 Å². The first-order valence-corrected chi connectivity index (χ1v) is 9.05. The highest BCUT2D eigenvalue weighted by molar-refractivity contribution is 5.98. The van der Waals surface area contributed by atoms with Gasteiger partial charge in [-0.1, -0.05) is 30.3 Å². The number of para-hydroxylation sites is 1. The number of alkyl halides is 3. The van der Waals surface area contributed by atoms with Crippen LogP contribution in [-0.2, 0) is 6.18 Å². The Morgan fingerprint density at radius 2 is 1.89 bits per heavy atom. The van der Waals surface area contributed by atoms with Gasteiger partial charge in [-0.25, -0.2) is 0 Å². The van der Waals surface area contributed by atoms with E-state index in [1.807, 2.05) is 30.3 Å². The van der Waals surface area contributed by atoms with Gasteiger partial charge in [0.2, 0.25) is 0 Å². The monoisotopic (exact) mass is 377 g/mol. The number of ketones is 1. The average Bonchev–Trinajstić information content (AvgIpc) is 3.14. The second-order valence-electron chi connectivity index (χ2n) is 6.74. The summed E-state index contributed by atoms with van der Waals surface area (Å²) in [5.41, 5.74) is -0.634. The molecule has 6 heteroatoms. The van der Waals surface area contributed by atoms with Gasteiger partial charge in [0, 0.05) is 24.6 Å². The van der Waals surface area contributed by atoms with Gasteiger partial charge in [-0.3, -0.25) is 4.79 Å². The van der Waals surface area contributed by atoms with E-state index in [1.165, 1.54) is 12.1 Å². The van der Waals surface area contributed by atoms with Crippen LogP contribution in [0.1, 0.15) is 28.8 Å². The Hall–Kier alpha value is -2.34. The molecule has 1 unspecified atom stereocenters. The second-order valence-corrected chi connectivity index (χ2v) is 6.74. The maximum absolute atomic E-state index is 12.8. The zero-order valence-corrected chi connectivity index (χ0v) is 14.9. The molecule has 3 rings (SSSR count). The standard InChI is InChI=1S/C21H22F3NO2/c22-21(23,24)18-7-4-6-16(14-18)20(26)17-10-12-25(15-17)11-5-13-27-19-8-2-1-3-9-19/h1-4,6-9,14,17H,5,10-13,15H2. The molecule has 3 nitrogen and oxygen atoms in total. The number of benzene rings is 2. The lowest BCUT2D eigenvalue weighted by Gasteiger charge is -2.16. The molecule has 0 aliphatic carbocycles. The minimum absolute atomic E-state index is 0.143. The number of carbonyl (C=O) groups excluding carboxylic acids is 1. The van der Waals surface area contributed by atoms with Crippen LogP contribution in [0.3, 0.4) is 0 Å². The fourth-order valence-electron chi connectivity index (χ4n) is 3.33. The molecule has 1 atom stereocenters. The number of ether oxygens (including phenoxy) is 1. The number of Topliss-reactive ketones (excluding diaryl/α,β-unsaturated/α-hetero) is 1. The predicted molar refractivity (Wildman–Crippen MR) is 96.9 cm³/mol. The van der Waals surface area contributed by atoms with Gasteiger partial charge in [0.05, 0.1) is 12.2 Å². The minimum atomic E-state index is -4.43. The summed E-state index contributed by atoms with van der Waals surface area (Å²) in [6.07, 6.45) is -2.93. The van der Waals surface area contributed by atoms with Gasteiger partial charge in [-0.2, -0.15) is 13.2 Å². The van der Waals surface area contributed by atoms with Crippen molar-refractivity contribution in [1.29, 1.82) is 0 Å². The number of likely N-dealkylation sites (tertiary alicyclic amines) is 1. The molecule has 0 spiro atoms. The number of rotatable bonds is 7. The summed E-state index contributed by atoms with van der Waals surface area (Å²) in [6, 6.07) is 14.3. The van der Waals surface area contributed by atoms with E-state index >= 15 is 0 Å². The minimum Gasteiger partial charge on any atom is -0.494 e. The molecule has 0 saturated carbocycles. The highest BCUT2D eigenvalue weighted by atomic mass is 19.4. The number of carbonyl (C=O) groups is 1. The van der Waals surface area contributed by atoms with E-state index in [4.69, 9.17) is 4.74 Å². The van der Waals surface area contributed by atoms with E-state index in [9.17, 15) is 18.0 Å². The van der Waals surface area contributed by atoms with Crippen molar-refractivity contribution >= 4 is 5.78 Å². The van der Waals surface area contributed by atoms with Gasteiger partial charge < -0.3 is 9.64 Å². The quantitative estimate of drug-likeness (QED) is 0.518. The zero-order chi connectivity index (χ0) is 19.3. The first kappa shape index (κ1) is 19.4. The van der Waals surface area contributed by atoms with Crippen molar-refractivity contribution in [2.75, 3.05) is 26.2 Å². The first-order chi connectivity index (χ1) is 12.9. The summed E-state index contributed by atoms with van der Waals surface area (Å²) in [5.74, 6) is 0.379. The number of hydrogen-bond donors (Lipinski definition) is 0. The molecule has 1 saturated heterocycles. The Kier molecular flexibility index (Phi) is 6.16. The Balaban J connectivity index is 1.47. The molecule has 0 radical (unpaired) electrons. The maximum atomic E-state index is 12.8. The van der Waals surface area contributed by atoms with E-state index in [1.54, 1.807) is 0 Å². The van der Waals surface area contributed by atoms with Crippen molar-refractivity contribution in [2.24, 2.45) is 5.92 Å². The van der Waals surface area contributed by atoms with Gasteiger partial charge in [-0.15, -0.1) is 0 Å². The number of hydrogen-bond acceptors (Lipinski definition) is 3. The summed E-state index contributed by atoms with van der Waals surface area (Å²) < 4.78 is 44.2. The van der Waals surface area contributed by atoms with Crippen LogP contribution in [0, 0.1) is 5.92 Å². The van der Waals surface area contributed by atoms with Crippen molar-refractivity contribution in [3.63, 3.8) is 0 Å². The summed E-state index contributed by atoms with van der Waals surface area (Å²) in [5, 5.41) is 0. The number of nitrogens with zero attached hydrogens (tertiary/aromatic N) is 1. The van der Waals surface area contributed by atoms with Crippen molar-refractivity contribution in [3.8, 4) is 5.75 Å². The highest BCUT2D eigenvalue weighted by Crippen LogP contribution is 2.30. The molecule has 0 amide bonds. The maximum Gasteiger partial charge on any atom is 0.416 e. The van der Waals surface area contributed by atoms with E-state index in [0.29, 0.717) is 19.6 Å². The lowest BCUT2D eigenvalue weighted by molar-refractivity contribution is -0.137. The van der Waals surface area contributed by atoms with Crippen LogP contribution >= 0.6 is 0 Å². The number of halogens is 3. The summed E-state index contributed by atoms with van der Waals surface area (Å²) in [4.78, 5) is 14.7. The van der Waals surface area contributed by atoms with Crippen LogP contribution in [0.2, 0.25) is 0 Å². The van der Waals surface area contributed by atoms with Crippen LogP contribution in [0.25, 0.3) is 0 Å². The largest absolute Gasteiger partial charge is 0.494 e. The van der Waals surface area contributed by atoms with Crippen molar-refractivity contribution < 1.29 is 22.7 Å². The Morgan fingerprint density at radius 3 is 2.63 bits per heavy atom. The third-order valence-corrected chi connectivity index (χ3v) is 4.75. The summed E-state index contributed by atoms with van der Waals surface area (Å²) in [7, 11) is 0. The summed E-state index contributed by atoms with van der Waals surface area (Å²) >= 11 is 0. The normalized spacial score (nSPS) is 17.8. The van der Waals surface area contributed by atoms with Crippen LogP contribution in [0.4, 0.5) is 13.2 Å². The first-order valence-electron chi connectivity index (χ1n) is 9.05. The highest BCUT2D eigenvalue weighted by Gasteiger charge is 2.33. The van der Waals surface area contributed by atoms with E-state index in [0.717, 1.165) is 37.4 Å². The Labute approximate surface area is 156 Å². The summed E-state index contributed by atoms with van der Waals surface area (Å²) in [6.45, 7) is 2.76. The van der Waals surface area contributed by atoms with Gasteiger partial charge in [0.15, 0.2) is 5.78 Å². The fraction of sp³-hybridized carbons (Fsp3) is 0.381. The molecule has 0 N–H and O–H groups in total. The molecule has 1 aliphatic heterocycles. The van der Waals surface area contributed by atoms with Gasteiger partial charge in [0.25, 0.3) is 0 Å². The third-order valence-electron chi connectivity index (χ3n) is 4.75. The van der Waals surface area contributed by atoms with Crippen molar-refractivity contribution in [3.05, 3.63) is 65.7 Å². The van der Waals surface area contributed by atoms with Crippen LogP contribution < -0.4 is 4.74 Å². The molecule has 0 aromatic heterocycles. The molecule has 1 fully saturated rings. The predicted octanol–water partition coefficient (Wildman–Crippen LogP) is 4.68. The molecule has 144 valence electrons. The molecule has 1 heterocycles. The Morgan fingerprint density at radius 1 is 1.11 bits per heavy atom. The molecular formula is C21H22F3NO2. The third kappa shape index (κ3) is 5.32. The second kappa shape index (κ2) is 8.57. The zero-order valence-electron chi connectivity index (χ0n) is 14.9. The van der Waals surface area contributed by atoms with E-state index in [-0.39, 0.29) is 17.3 Å². The van der Waals surface area contributed by atoms with Crippen LogP contribution in [0.5, 0.6) is 5.75 Å². The molecule has 0 bridgehead atoms. The molecule has 27 heavy (non-hydrogen) atoms.